The number of amides is 1. The van der Waals surface area contributed by atoms with Crippen molar-refractivity contribution < 1.29 is 22.9 Å². The molecule has 1 aromatic rings. The van der Waals surface area contributed by atoms with Crippen molar-refractivity contribution >= 4 is 37.7 Å². The number of nitrogens with zero attached hydrogens (tertiary/aromatic N) is 3. The second kappa shape index (κ2) is 8.12. The molecule has 2 saturated heterocycles. The molecule has 0 bridgehead atoms. The van der Waals surface area contributed by atoms with Crippen LogP contribution in [0.1, 0.15) is 12.8 Å². The molecule has 0 aromatic heterocycles. The third-order valence-electron chi connectivity index (χ3n) is 5.70. The highest BCUT2D eigenvalue weighted by molar-refractivity contribution is 9.11. The summed E-state index contributed by atoms with van der Waals surface area (Å²) >= 11 is 3.45. The predicted molar refractivity (Wildman–Crippen MR) is 111 cm³/mol. The van der Waals surface area contributed by atoms with Crippen molar-refractivity contribution in [3.05, 3.63) is 57.1 Å². The molecule has 2 heterocycles. The van der Waals surface area contributed by atoms with E-state index < -0.39 is 14.9 Å². The predicted octanol–water partition coefficient (Wildman–Crippen LogP) is 3.03. The molecule has 0 N–H and O–H groups in total. The zero-order valence-electron chi connectivity index (χ0n) is 15.9. The average molecular weight is 498 g/mol. The second-order valence-corrected chi connectivity index (χ2v) is 10.3. The molecule has 0 spiro atoms. The largest absolute Gasteiger partial charge is 0.449 e. The van der Waals surface area contributed by atoms with E-state index in [4.69, 9.17) is 4.74 Å². The van der Waals surface area contributed by atoms with Gasteiger partial charge in [-0.2, -0.15) is 4.31 Å². The Kier molecular flexibility index (Phi) is 5.69. The van der Waals surface area contributed by atoms with Crippen LogP contribution in [0.4, 0.5) is 10.5 Å². The minimum Gasteiger partial charge on any atom is -0.449 e. The van der Waals surface area contributed by atoms with Gasteiger partial charge in [0, 0.05) is 41.7 Å². The fourth-order valence-electron chi connectivity index (χ4n) is 4.14. The van der Waals surface area contributed by atoms with Gasteiger partial charge in [0.05, 0.1) is 15.9 Å². The van der Waals surface area contributed by atoms with Gasteiger partial charge in [0.2, 0.25) is 10.0 Å². The van der Waals surface area contributed by atoms with Gasteiger partial charge in [-0.05, 0) is 25.0 Å². The number of hydrogen-bond donors (Lipinski definition) is 0. The first-order valence-electron chi connectivity index (χ1n) is 9.52. The number of cyclic esters (lactones) is 1. The smallest absolute Gasteiger partial charge is 0.410 e. The van der Waals surface area contributed by atoms with Crippen LogP contribution in [0.5, 0.6) is 0 Å². The SMILES string of the molecule is O=C1OCC2C=C(Br)C=CC2N1C1CCN(S(=O)(=O)c2ccc([N+](=O)[O-])cc2)CC1. The number of ether oxygens (including phenoxy) is 1. The van der Waals surface area contributed by atoms with Gasteiger partial charge in [0.25, 0.3) is 5.69 Å². The number of halogens is 1. The number of carbonyl (C=O) groups is 1. The van der Waals surface area contributed by atoms with E-state index in [9.17, 15) is 23.3 Å². The Labute approximate surface area is 182 Å². The van der Waals surface area contributed by atoms with Gasteiger partial charge in [-0.15, -0.1) is 0 Å². The molecule has 30 heavy (non-hydrogen) atoms. The van der Waals surface area contributed by atoms with Crippen LogP contribution in [0.2, 0.25) is 0 Å². The normalized spacial score (nSPS) is 25.4. The maximum Gasteiger partial charge on any atom is 0.410 e. The molecule has 2 unspecified atom stereocenters. The van der Waals surface area contributed by atoms with Gasteiger partial charge < -0.3 is 4.74 Å². The van der Waals surface area contributed by atoms with Gasteiger partial charge in [-0.1, -0.05) is 34.2 Å². The highest BCUT2D eigenvalue weighted by Crippen LogP contribution is 2.33. The number of non-ortho nitro benzene ring substituents is 1. The van der Waals surface area contributed by atoms with Gasteiger partial charge in [0.15, 0.2) is 0 Å². The Hall–Kier alpha value is -2.24. The Morgan fingerprint density at radius 2 is 1.83 bits per heavy atom. The number of nitro groups is 1. The van der Waals surface area contributed by atoms with E-state index >= 15 is 0 Å². The molecule has 2 aliphatic heterocycles. The van der Waals surface area contributed by atoms with Crippen molar-refractivity contribution in [2.24, 2.45) is 5.92 Å². The molecular formula is C19H20BrN3O6S. The van der Waals surface area contributed by atoms with E-state index in [-0.39, 0.29) is 47.8 Å². The number of fused-ring (bicyclic) bond motifs is 1. The zero-order valence-corrected chi connectivity index (χ0v) is 18.3. The second-order valence-electron chi connectivity index (χ2n) is 7.44. The summed E-state index contributed by atoms with van der Waals surface area (Å²) < 4.78 is 33.5. The standard InChI is InChI=1S/C19H20BrN3O6S/c20-14-1-6-18-13(11-14)12-29-19(24)22(18)15-7-9-21(10-8-15)30(27,28)17-4-2-16(3-5-17)23(25)26/h1-6,11,13,15,18H,7-10,12H2. The molecule has 2 fully saturated rings. The van der Waals surface area contributed by atoms with Crippen LogP contribution in [-0.4, -0.2) is 60.4 Å². The van der Waals surface area contributed by atoms with Crippen LogP contribution < -0.4 is 0 Å². The minimum atomic E-state index is -3.76. The van der Waals surface area contributed by atoms with Gasteiger partial charge in [0.1, 0.15) is 6.61 Å². The molecule has 9 nitrogen and oxygen atoms in total. The Morgan fingerprint density at radius 1 is 1.17 bits per heavy atom. The number of rotatable bonds is 4. The summed E-state index contributed by atoms with van der Waals surface area (Å²) in [7, 11) is -3.76. The number of benzene rings is 1. The molecule has 0 saturated carbocycles. The van der Waals surface area contributed by atoms with Crippen LogP contribution >= 0.6 is 15.9 Å². The van der Waals surface area contributed by atoms with E-state index in [1.807, 2.05) is 18.2 Å². The lowest BCUT2D eigenvalue weighted by atomic mass is 9.90. The number of piperidine rings is 1. The summed E-state index contributed by atoms with van der Waals surface area (Å²) in [5.41, 5.74) is -0.160. The molecule has 4 rings (SSSR count). The minimum absolute atomic E-state index is 0.0224. The highest BCUT2D eigenvalue weighted by atomic mass is 79.9. The van der Waals surface area contributed by atoms with Gasteiger partial charge in [-0.25, -0.2) is 13.2 Å². The number of nitro benzene ring substituents is 1. The van der Waals surface area contributed by atoms with E-state index in [2.05, 4.69) is 15.9 Å². The van der Waals surface area contributed by atoms with Crippen LogP contribution in [0.25, 0.3) is 0 Å². The lowest BCUT2D eigenvalue weighted by molar-refractivity contribution is -0.384. The third kappa shape index (κ3) is 3.88. The quantitative estimate of drug-likeness (QED) is 0.466. The van der Waals surface area contributed by atoms with Crippen LogP contribution in [-0.2, 0) is 14.8 Å². The Morgan fingerprint density at radius 3 is 2.47 bits per heavy atom. The summed E-state index contributed by atoms with van der Waals surface area (Å²) in [6.45, 7) is 0.843. The van der Waals surface area contributed by atoms with Crippen LogP contribution in [0.15, 0.2) is 51.9 Å². The summed E-state index contributed by atoms with van der Waals surface area (Å²) in [6, 6.07) is 4.65. The zero-order chi connectivity index (χ0) is 21.5. The van der Waals surface area contributed by atoms with Crippen LogP contribution in [0.3, 0.4) is 0 Å². The summed E-state index contributed by atoms with van der Waals surface area (Å²) in [4.78, 5) is 24.4. The van der Waals surface area contributed by atoms with Crippen molar-refractivity contribution in [3.8, 4) is 0 Å². The van der Waals surface area contributed by atoms with Crippen molar-refractivity contribution in [2.75, 3.05) is 19.7 Å². The molecule has 1 aromatic carbocycles. The molecule has 3 aliphatic rings. The summed E-state index contributed by atoms with van der Waals surface area (Å²) in [5.74, 6) is 0.0592. The number of hydrogen-bond acceptors (Lipinski definition) is 6. The van der Waals surface area contributed by atoms with Gasteiger partial charge >= 0.3 is 6.09 Å². The van der Waals surface area contributed by atoms with E-state index in [1.54, 1.807) is 4.90 Å². The molecule has 1 amide bonds. The number of sulfonamides is 1. The Bertz CT molecular complexity index is 1020. The molecule has 0 radical (unpaired) electrons. The molecule has 2 atom stereocenters. The fourth-order valence-corrected chi connectivity index (χ4v) is 6.11. The maximum absolute atomic E-state index is 12.9. The molecular weight excluding hydrogens is 478 g/mol. The molecule has 11 heteroatoms. The monoisotopic (exact) mass is 497 g/mol. The number of allylic oxidation sites excluding steroid dienone is 2. The Balaban J connectivity index is 1.46. The van der Waals surface area contributed by atoms with Crippen molar-refractivity contribution in [2.45, 2.75) is 29.8 Å². The highest BCUT2D eigenvalue weighted by Gasteiger charge is 2.42. The van der Waals surface area contributed by atoms with Crippen molar-refractivity contribution in [1.29, 1.82) is 0 Å². The third-order valence-corrected chi connectivity index (χ3v) is 8.14. The lowest BCUT2D eigenvalue weighted by Gasteiger charge is -2.45. The molecule has 160 valence electrons. The lowest BCUT2D eigenvalue weighted by Crippen LogP contribution is -2.57. The first-order chi connectivity index (χ1) is 14.3. The van der Waals surface area contributed by atoms with Crippen LogP contribution in [0, 0.1) is 16.0 Å². The summed E-state index contributed by atoms with van der Waals surface area (Å²) in [5, 5.41) is 10.8. The first kappa shape index (κ1) is 21.0. The topological polar surface area (TPSA) is 110 Å². The first-order valence-corrected chi connectivity index (χ1v) is 11.8. The fraction of sp³-hybridized carbons (Fsp3) is 0.421. The van der Waals surface area contributed by atoms with E-state index in [0.29, 0.717) is 19.4 Å². The van der Waals surface area contributed by atoms with Crippen molar-refractivity contribution in [1.82, 2.24) is 9.21 Å². The van der Waals surface area contributed by atoms with E-state index in [0.717, 1.165) is 4.48 Å². The van der Waals surface area contributed by atoms with Crippen molar-refractivity contribution in [3.63, 3.8) is 0 Å². The van der Waals surface area contributed by atoms with Gasteiger partial charge in [-0.3, -0.25) is 15.0 Å². The van der Waals surface area contributed by atoms with E-state index in [1.165, 1.54) is 28.6 Å². The average Bonchev–Trinajstić information content (AvgIpc) is 2.74. The number of carbonyl (C=O) groups excluding carboxylic acids is 1. The summed E-state index contributed by atoms with van der Waals surface area (Å²) in [6.07, 6.45) is 6.53. The maximum atomic E-state index is 12.9. The molecule has 1 aliphatic carbocycles.